The summed E-state index contributed by atoms with van der Waals surface area (Å²) in [7, 11) is -1.94. The van der Waals surface area contributed by atoms with E-state index in [1.165, 1.54) is 12.1 Å². The van der Waals surface area contributed by atoms with Gasteiger partial charge in [0.05, 0.1) is 24.2 Å². The van der Waals surface area contributed by atoms with E-state index in [2.05, 4.69) is 10.0 Å². The van der Waals surface area contributed by atoms with Crippen molar-refractivity contribution < 1.29 is 22.7 Å². The molecular formula is C18H28ClN3O5S. The van der Waals surface area contributed by atoms with Gasteiger partial charge in [-0.05, 0) is 38.9 Å². The van der Waals surface area contributed by atoms with Crippen LogP contribution in [-0.2, 0) is 14.8 Å². The van der Waals surface area contributed by atoms with Gasteiger partial charge in [0.15, 0.2) is 11.5 Å². The van der Waals surface area contributed by atoms with Crippen molar-refractivity contribution in [3.63, 3.8) is 0 Å². The average Bonchev–Trinajstić information content (AvgIpc) is 2.92. The first-order valence-electron chi connectivity index (χ1n) is 9.29. The van der Waals surface area contributed by atoms with Crippen molar-refractivity contribution in [3.8, 4) is 11.5 Å². The van der Waals surface area contributed by atoms with Crippen molar-refractivity contribution in [1.82, 2.24) is 14.9 Å². The Labute approximate surface area is 172 Å². The first-order chi connectivity index (χ1) is 12.9. The van der Waals surface area contributed by atoms with Gasteiger partial charge in [0, 0.05) is 31.6 Å². The molecule has 2 aliphatic heterocycles. The Morgan fingerprint density at radius 2 is 1.82 bits per heavy atom. The quantitative estimate of drug-likeness (QED) is 0.723. The second kappa shape index (κ2) is 9.78. The molecule has 0 aromatic heterocycles. The van der Waals surface area contributed by atoms with Crippen LogP contribution in [0.25, 0.3) is 0 Å². The summed E-state index contributed by atoms with van der Waals surface area (Å²) < 4.78 is 39.0. The van der Waals surface area contributed by atoms with Crippen LogP contribution < -0.4 is 19.5 Å². The smallest absolute Gasteiger partial charge is 0.241 e. The highest BCUT2D eigenvalue weighted by atomic mass is 35.5. The lowest BCUT2D eigenvalue weighted by Gasteiger charge is -2.33. The standard InChI is InChI=1S/C18H27N3O5S.ClH/c1-13(18(22)21-8-6-14(19-2)7-9-21)20-27(23,24)15-4-5-16-17(12-15)26-11-3-10-25-16;/h4-5,12-14,19-20H,3,6-11H2,1-2H3;1H. The van der Waals surface area contributed by atoms with Crippen LogP contribution in [0.4, 0.5) is 0 Å². The van der Waals surface area contributed by atoms with Gasteiger partial charge < -0.3 is 19.7 Å². The number of fused-ring (bicyclic) bond motifs is 1. The SMILES string of the molecule is CNC1CCN(C(=O)C(C)NS(=O)(=O)c2ccc3c(c2)OCCCO3)CC1.Cl. The topological polar surface area (TPSA) is 97.0 Å². The van der Waals surface area contributed by atoms with Gasteiger partial charge in [-0.2, -0.15) is 4.72 Å². The van der Waals surface area contributed by atoms with E-state index >= 15 is 0 Å². The van der Waals surface area contributed by atoms with Crippen LogP contribution in [0.3, 0.4) is 0 Å². The molecule has 0 spiro atoms. The van der Waals surface area contributed by atoms with Crippen LogP contribution in [0.1, 0.15) is 26.2 Å². The third-order valence-corrected chi connectivity index (χ3v) is 6.48. The average molecular weight is 434 g/mol. The first-order valence-corrected chi connectivity index (χ1v) is 10.8. The van der Waals surface area contributed by atoms with Crippen LogP contribution in [0.5, 0.6) is 11.5 Å². The molecule has 3 rings (SSSR count). The van der Waals surface area contributed by atoms with E-state index in [1.807, 2.05) is 7.05 Å². The number of carbonyl (C=O) groups excluding carboxylic acids is 1. The lowest BCUT2D eigenvalue weighted by atomic mass is 10.0. The first kappa shape index (κ1) is 22.7. The fraction of sp³-hybridized carbons (Fsp3) is 0.611. The zero-order valence-electron chi connectivity index (χ0n) is 16.1. The normalized spacial score (nSPS) is 18.7. The molecule has 1 fully saturated rings. The van der Waals surface area contributed by atoms with Gasteiger partial charge >= 0.3 is 0 Å². The summed E-state index contributed by atoms with van der Waals surface area (Å²) in [6, 6.07) is 4.06. The molecule has 158 valence electrons. The summed E-state index contributed by atoms with van der Waals surface area (Å²) in [5.41, 5.74) is 0. The number of carbonyl (C=O) groups is 1. The second-order valence-corrected chi connectivity index (χ2v) is 8.60. The Bertz CT molecular complexity index is 781. The van der Waals surface area contributed by atoms with Gasteiger partial charge in [-0.15, -0.1) is 12.4 Å². The van der Waals surface area contributed by atoms with Gasteiger partial charge in [0.25, 0.3) is 0 Å². The van der Waals surface area contributed by atoms with Crippen molar-refractivity contribution in [1.29, 1.82) is 0 Å². The maximum absolute atomic E-state index is 12.7. The van der Waals surface area contributed by atoms with Gasteiger partial charge in [0.1, 0.15) is 0 Å². The molecule has 28 heavy (non-hydrogen) atoms. The third-order valence-electron chi connectivity index (χ3n) is 4.95. The lowest BCUT2D eigenvalue weighted by Crippen LogP contribution is -2.51. The van der Waals surface area contributed by atoms with Gasteiger partial charge in [-0.25, -0.2) is 8.42 Å². The largest absolute Gasteiger partial charge is 0.490 e. The van der Waals surface area contributed by atoms with Crippen LogP contribution >= 0.6 is 12.4 Å². The summed E-state index contributed by atoms with van der Waals surface area (Å²) in [5, 5.41) is 3.21. The van der Waals surface area contributed by atoms with Crippen LogP contribution in [0, 0.1) is 0 Å². The molecular weight excluding hydrogens is 406 g/mol. The molecule has 10 heteroatoms. The number of hydrogen-bond donors (Lipinski definition) is 2. The zero-order chi connectivity index (χ0) is 19.4. The van der Waals surface area contributed by atoms with Crippen molar-refractivity contribution >= 4 is 28.3 Å². The van der Waals surface area contributed by atoms with E-state index in [0.29, 0.717) is 43.8 Å². The monoisotopic (exact) mass is 433 g/mol. The molecule has 2 aliphatic rings. The van der Waals surface area contributed by atoms with Crippen molar-refractivity contribution in [2.24, 2.45) is 0 Å². The summed E-state index contributed by atoms with van der Waals surface area (Å²) >= 11 is 0. The summed E-state index contributed by atoms with van der Waals surface area (Å²) in [4.78, 5) is 14.4. The van der Waals surface area contributed by atoms with Crippen molar-refractivity contribution in [2.45, 2.75) is 43.2 Å². The van der Waals surface area contributed by atoms with Gasteiger partial charge in [-0.3, -0.25) is 4.79 Å². The minimum absolute atomic E-state index is 0. The molecule has 1 aromatic rings. The fourth-order valence-corrected chi connectivity index (χ4v) is 4.54. The Kier molecular flexibility index (Phi) is 7.94. The molecule has 0 aliphatic carbocycles. The van der Waals surface area contributed by atoms with Gasteiger partial charge in [0.2, 0.25) is 15.9 Å². The Morgan fingerprint density at radius 1 is 1.18 bits per heavy atom. The number of likely N-dealkylation sites (tertiary alicyclic amines) is 1. The number of hydrogen-bond acceptors (Lipinski definition) is 6. The Balaban J connectivity index is 0.00000280. The molecule has 0 radical (unpaired) electrons. The minimum atomic E-state index is -3.85. The van der Waals surface area contributed by atoms with E-state index in [4.69, 9.17) is 9.47 Å². The Morgan fingerprint density at radius 3 is 2.46 bits per heavy atom. The number of halogens is 1. The van der Waals surface area contributed by atoms with Crippen molar-refractivity contribution in [2.75, 3.05) is 33.4 Å². The van der Waals surface area contributed by atoms with E-state index in [9.17, 15) is 13.2 Å². The predicted octanol–water partition coefficient (Wildman–Crippen LogP) is 1.15. The highest BCUT2D eigenvalue weighted by Crippen LogP contribution is 2.31. The molecule has 1 amide bonds. The molecule has 1 saturated heterocycles. The van der Waals surface area contributed by atoms with E-state index in [1.54, 1.807) is 17.9 Å². The van der Waals surface area contributed by atoms with E-state index < -0.39 is 16.1 Å². The molecule has 1 atom stereocenters. The molecule has 8 nitrogen and oxygen atoms in total. The minimum Gasteiger partial charge on any atom is -0.490 e. The highest BCUT2D eigenvalue weighted by Gasteiger charge is 2.29. The number of nitrogens with one attached hydrogen (secondary N) is 2. The summed E-state index contributed by atoms with van der Waals surface area (Å²) in [6.07, 6.45) is 2.47. The molecule has 1 aromatic carbocycles. The Hall–Kier alpha value is -1.55. The number of sulfonamides is 1. The number of nitrogens with zero attached hydrogens (tertiary/aromatic N) is 1. The number of rotatable bonds is 5. The second-order valence-electron chi connectivity index (χ2n) is 6.89. The summed E-state index contributed by atoms with van der Waals surface area (Å²) in [6.45, 7) is 3.84. The van der Waals surface area contributed by atoms with E-state index in [0.717, 1.165) is 19.3 Å². The molecule has 1 unspecified atom stereocenters. The molecule has 0 bridgehead atoms. The lowest BCUT2D eigenvalue weighted by molar-refractivity contribution is -0.133. The van der Waals surface area contributed by atoms with Crippen LogP contribution in [-0.4, -0.2) is 64.7 Å². The van der Waals surface area contributed by atoms with E-state index in [-0.39, 0.29) is 23.2 Å². The van der Waals surface area contributed by atoms with Crippen molar-refractivity contribution in [3.05, 3.63) is 18.2 Å². The number of ether oxygens (including phenoxy) is 2. The number of amides is 1. The highest BCUT2D eigenvalue weighted by molar-refractivity contribution is 7.89. The van der Waals surface area contributed by atoms with Crippen LogP contribution in [0.2, 0.25) is 0 Å². The van der Waals surface area contributed by atoms with Crippen LogP contribution in [0.15, 0.2) is 23.1 Å². The summed E-state index contributed by atoms with van der Waals surface area (Å²) in [5.74, 6) is 0.731. The maximum Gasteiger partial charge on any atom is 0.241 e. The maximum atomic E-state index is 12.7. The zero-order valence-corrected chi connectivity index (χ0v) is 17.8. The number of benzene rings is 1. The third kappa shape index (κ3) is 5.28. The number of piperidine rings is 1. The predicted molar refractivity (Wildman–Crippen MR) is 108 cm³/mol. The fourth-order valence-electron chi connectivity index (χ4n) is 3.32. The molecule has 0 saturated carbocycles. The molecule has 2 N–H and O–H groups in total. The van der Waals surface area contributed by atoms with Gasteiger partial charge in [-0.1, -0.05) is 0 Å². The molecule has 2 heterocycles.